The molecule has 0 bridgehead atoms. The first-order valence-electron chi connectivity index (χ1n) is 18.1. The number of Topliss-reactive ketones (excluding diaryl/α,β-unsaturated/α-hetero) is 2. The zero-order valence-corrected chi connectivity index (χ0v) is 33.9. The predicted octanol–water partition coefficient (Wildman–Crippen LogP) is 10.2. The Hall–Kier alpha value is -1.07. The van der Waals surface area contributed by atoms with Crippen molar-refractivity contribution in [2.75, 3.05) is 5.88 Å². The van der Waals surface area contributed by atoms with Gasteiger partial charge in [0.15, 0.2) is 28.5 Å². The van der Waals surface area contributed by atoms with E-state index in [4.69, 9.17) is 25.2 Å². The molecule has 46 heavy (non-hydrogen) atoms. The van der Waals surface area contributed by atoms with Gasteiger partial charge in [0.05, 0.1) is 18.6 Å². The zero-order valence-electron chi connectivity index (χ0n) is 31.1. The zero-order chi connectivity index (χ0) is 35.1. The molecule has 2 unspecified atom stereocenters. The number of cyclic esters (lactones) is 1. The smallest absolute Gasteiger partial charge is 0.309 e. The first kappa shape index (κ1) is 43.0. The summed E-state index contributed by atoms with van der Waals surface area (Å²) in [6.07, 6.45) is 7.80. The van der Waals surface area contributed by atoms with E-state index >= 15 is 4.79 Å². The summed E-state index contributed by atoms with van der Waals surface area (Å²) in [6.45, 7) is 22.7. The number of allylic oxidation sites excluding steroid dienone is 2. The largest absolute Gasteiger partial charge is 0.454 e. The highest BCUT2D eigenvalue weighted by Gasteiger charge is 2.49. The normalized spacial score (nSPS) is 27.5. The van der Waals surface area contributed by atoms with Crippen LogP contribution in [0.2, 0.25) is 36.3 Å². The molecule has 9 heteroatoms. The van der Waals surface area contributed by atoms with E-state index in [1.807, 2.05) is 26.8 Å². The molecule has 0 aromatic heterocycles. The summed E-state index contributed by atoms with van der Waals surface area (Å²) in [5.41, 5.74) is 0.0955. The van der Waals surface area contributed by atoms with E-state index in [0.29, 0.717) is 25.1 Å². The average molecular weight is 700 g/mol. The third kappa shape index (κ3) is 12.1. The van der Waals surface area contributed by atoms with Gasteiger partial charge in [-0.2, -0.15) is 0 Å². The topological polar surface area (TPSA) is 78.9 Å². The molecule has 0 saturated heterocycles. The number of ketones is 2. The van der Waals surface area contributed by atoms with Gasteiger partial charge in [-0.15, -0.1) is 11.6 Å². The number of carbonyl (C=O) groups excluding carboxylic acids is 3. The highest BCUT2D eigenvalue weighted by atomic mass is 35.5. The van der Waals surface area contributed by atoms with Gasteiger partial charge in [0.25, 0.3) is 0 Å². The maximum absolute atomic E-state index is 15.2. The van der Waals surface area contributed by atoms with Gasteiger partial charge in [-0.05, 0) is 75.3 Å². The lowest BCUT2D eigenvalue weighted by atomic mass is 9.71. The summed E-state index contributed by atoms with van der Waals surface area (Å²) in [4.78, 5) is 41.3. The number of carbonyl (C=O) groups is 3. The van der Waals surface area contributed by atoms with Crippen molar-refractivity contribution >= 4 is 45.8 Å². The Kier molecular flexibility index (Phi) is 19.1. The van der Waals surface area contributed by atoms with E-state index in [2.05, 4.69) is 60.6 Å². The summed E-state index contributed by atoms with van der Waals surface area (Å²) in [5.74, 6) is -0.446. The molecule has 0 saturated carbocycles. The van der Waals surface area contributed by atoms with Crippen LogP contribution in [0.1, 0.15) is 115 Å². The van der Waals surface area contributed by atoms with Gasteiger partial charge >= 0.3 is 5.97 Å². The second-order valence-electron chi connectivity index (χ2n) is 14.1. The van der Waals surface area contributed by atoms with Crippen LogP contribution >= 0.6 is 11.6 Å². The van der Waals surface area contributed by atoms with Gasteiger partial charge in [0.2, 0.25) is 0 Å². The standard InChI is InChI=1S/C37H67ClO6Si2/c1-12-45(13-2,14-3)43-33-27-34(40)42-32(30(9)39)25-24-28(7)21-20-22-29(8)35(44-46(15-4,16-5)17-6)31(23-18-19-26-38)36(41)37(33,10)11/h20,22,24,29,31-33,35H,12-19,21,23,25-27H2,1-11H3/b22-20+,28-24-/t29-,31+,32-,33?,35?/m0/s1. The van der Waals surface area contributed by atoms with Crippen molar-refractivity contribution < 1.29 is 28.0 Å². The third-order valence-corrected chi connectivity index (χ3v) is 20.4. The maximum atomic E-state index is 15.2. The summed E-state index contributed by atoms with van der Waals surface area (Å²) in [5, 5.41) is 0. The van der Waals surface area contributed by atoms with Crippen molar-refractivity contribution in [3.63, 3.8) is 0 Å². The molecule has 1 rings (SSSR count). The van der Waals surface area contributed by atoms with Crippen molar-refractivity contribution in [2.45, 2.75) is 169 Å². The van der Waals surface area contributed by atoms with Crippen LogP contribution in [0.25, 0.3) is 0 Å². The number of alkyl halides is 1. The average Bonchev–Trinajstić information content (AvgIpc) is 3.03. The van der Waals surface area contributed by atoms with Crippen LogP contribution in [-0.4, -0.2) is 58.4 Å². The van der Waals surface area contributed by atoms with Crippen molar-refractivity contribution in [3.8, 4) is 0 Å². The van der Waals surface area contributed by atoms with E-state index < -0.39 is 40.2 Å². The van der Waals surface area contributed by atoms with Gasteiger partial charge in [0, 0.05) is 23.6 Å². The number of ether oxygens (including phenoxy) is 1. The molecule has 1 aliphatic heterocycles. The van der Waals surface area contributed by atoms with Gasteiger partial charge in [-0.3, -0.25) is 14.4 Å². The Bertz CT molecular complexity index is 1000. The molecule has 1 aliphatic rings. The van der Waals surface area contributed by atoms with Crippen LogP contribution in [0.15, 0.2) is 23.8 Å². The van der Waals surface area contributed by atoms with Crippen molar-refractivity contribution in [3.05, 3.63) is 23.8 Å². The number of unbranched alkanes of at least 4 members (excludes halogenated alkanes) is 1. The Balaban J connectivity index is 3.96. The van der Waals surface area contributed by atoms with E-state index in [1.54, 1.807) is 0 Å². The number of hydrogen-bond acceptors (Lipinski definition) is 6. The number of esters is 1. The highest BCUT2D eigenvalue weighted by Crippen LogP contribution is 2.40. The first-order chi connectivity index (χ1) is 21.6. The fraction of sp³-hybridized carbons (Fsp3) is 0.811. The molecular formula is C37H67ClO6Si2. The summed E-state index contributed by atoms with van der Waals surface area (Å²) < 4.78 is 20.2. The Morgan fingerprint density at radius 3 is 2.00 bits per heavy atom. The first-order valence-corrected chi connectivity index (χ1v) is 23.7. The van der Waals surface area contributed by atoms with Crippen LogP contribution in [0, 0.1) is 17.3 Å². The number of rotatable bonds is 15. The van der Waals surface area contributed by atoms with Gasteiger partial charge < -0.3 is 13.6 Å². The molecule has 0 aromatic carbocycles. The van der Waals surface area contributed by atoms with E-state index in [0.717, 1.165) is 54.7 Å². The fourth-order valence-electron chi connectivity index (χ4n) is 6.76. The molecule has 266 valence electrons. The minimum Gasteiger partial charge on any atom is -0.454 e. The summed E-state index contributed by atoms with van der Waals surface area (Å²) in [7, 11) is -4.36. The Morgan fingerprint density at radius 1 is 0.957 bits per heavy atom. The van der Waals surface area contributed by atoms with Crippen LogP contribution in [0.3, 0.4) is 0 Å². The Labute approximate surface area is 289 Å². The molecule has 0 fully saturated rings. The minimum atomic E-state index is -2.25. The SMILES string of the molecule is CC[Si](CC)(CC)OC1[C@@H](C)/C=C/C/C(C)=C\C[C@@H](C(C)=O)OC(=O)CC(O[Si](CC)(CC)CC)C(C)(C)C(=O)[C@@H]1CCCCCl. The van der Waals surface area contributed by atoms with E-state index in [9.17, 15) is 9.59 Å². The van der Waals surface area contributed by atoms with Crippen molar-refractivity contribution in [1.82, 2.24) is 0 Å². The number of hydrogen-bond donors (Lipinski definition) is 0. The van der Waals surface area contributed by atoms with E-state index in [1.165, 1.54) is 6.92 Å². The molecule has 0 radical (unpaired) electrons. The fourth-order valence-corrected chi connectivity index (χ4v) is 12.9. The molecule has 0 N–H and O–H groups in total. The second-order valence-corrected chi connectivity index (χ2v) is 23.9. The minimum absolute atomic E-state index is 0.00248. The monoisotopic (exact) mass is 698 g/mol. The maximum Gasteiger partial charge on any atom is 0.309 e. The molecule has 5 atom stereocenters. The second kappa shape index (κ2) is 20.4. The van der Waals surface area contributed by atoms with Crippen LogP contribution in [0.4, 0.5) is 0 Å². The predicted molar refractivity (Wildman–Crippen MR) is 197 cm³/mol. The molecule has 0 spiro atoms. The lowest BCUT2D eigenvalue weighted by molar-refractivity contribution is -0.158. The lowest BCUT2D eigenvalue weighted by Crippen LogP contribution is -2.53. The van der Waals surface area contributed by atoms with Crippen LogP contribution in [-0.2, 0) is 28.0 Å². The third-order valence-electron chi connectivity index (χ3n) is 10.9. The van der Waals surface area contributed by atoms with Crippen molar-refractivity contribution in [1.29, 1.82) is 0 Å². The van der Waals surface area contributed by atoms with Gasteiger partial charge in [0.1, 0.15) is 5.78 Å². The summed E-state index contributed by atoms with van der Waals surface area (Å²) >= 11 is 6.15. The van der Waals surface area contributed by atoms with Crippen molar-refractivity contribution in [2.24, 2.45) is 17.3 Å². The van der Waals surface area contributed by atoms with Crippen LogP contribution in [0.5, 0.6) is 0 Å². The van der Waals surface area contributed by atoms with Crippen LogP contribution < -0.4 is 0 Å². The van der Waals surface area contributed by atoms with E-state index in [-0.39, 0.29) is 35.9 Å². The highest BCUT2D eigenvalue weighted by molar-refractivity contribution is 6.74. The molecule has 0 amide bonds. The van der Waals surface area contributed by atoms with Gasteiger partial charge in [-0.25, -0.2) is 0 Å². The Morgan fingerprint density at radius 2 is 1.50 bits per heavy atom. The molecule has 0 aliphatic carbocycles. The number of halogens is 1. The molecule has 1 heterocycles. The molecule has 6 nitrogen and oxygen atoms in total. The molecule has 0 aromatic rings. The molecular weight excluding hydrogens is 632 g/mol. The van der Waals surface area contributed by atoms with Gasteiger partial charge in [-0.1, -0.05) is 92.5 Å². The quantitative estimate of drug-likeness (QED) is 0.0557. The lowest BCUT2D eigenvalue weighted by Gasteiger charge is -2.44. The summed E-state index contributed by atoms with van der Waals surface area (Å²) in [6, 6.07) is 5.65.